The molecule has 10 heteroatoms. The Bertz CT molecular complexity index is 1230. The normalized spacial score (nSPS) is 24.8. The molecule has 4 atom stereocenters. The van der Waals surface area contributed by atoms with Crippen molar-refractivity contribution in [3.8, 4) is 11.5 Å². The smallest absolute Gasteiger partial charge is 0.269 e. The number of rotatable bonds is 7. The van der Waals surface area contributed by atoms with Gasteiger partial charge in [-0.2, -0.15) is 10.1 Å². The number of benzene rings is 2. The number of non-ortho nitro benzene ring substituents is 1. The van der Waals surface area contributed by atoms with Crippen LogP contribution in [0.15, 0.2) is 53.7 Å². The first kappa shape index (κ1) is 23.5. The zero-order valence-corrected chi connectivity index (χ0v) is 21.0. The van der Waals surface area contributed by atoms with E-state index in [2.05, 4.69) is 39.8 Å². The van der Waals surface area contributed by atoms with Crippen LogP contribution in [0.5, 0.6) is 11.5 Å². The molecule has 2 aromatic carbocycles. The van der Waals surface area contributed by atoms with Gasteiger partial charge in [0.2, 0.25) is 0 Å². The average Bonchev–Trinajstić information content (AvgIpc) is 3.14. The lowest BCUT2D eigenvalue weighted by molar-refractivity contribution is -0.384. The fraction of sp³-hybridized carbons (Fsp3) is 0.320. The maximum atomic E-state index is 13.0. The minimum absolute atomic E-state index is 0.0164. The highest BCUT2D eigenvalue weighted by Gasteiger charge is 2.56. The highest BCUT2D eigenvalue weighted by molar-refractivity contribution is 14.1. The van der Waals surface area contributed by atoms with Gasteiger partial charge in [-0.3, -0.25) is 19.7 Å². The molecular weight excluding hydrogens is 565 g/mol. The number of carbonyl (C=O) groups is 2. The molecular formula is C25H22IN3O6. The van der Waals surface area contributed by atoms with E-state index >= 15 is 0 Å². The van der Waals surface area contributed by atoms with E-state index < -0.39 is 4.92 Å². The van der Waals surface area contributed by atoms with Crippen LogP contribution in [0.25, 0.3) is 0 Å². The molecule has 6 rings (SSSR count). The molecule has 0 radical (unpaired) electrons. The van der Waals surface area contributed by atoms with E-state index in [0.29, 0.717) is 17.1 Å². The van der Waals surface area contributed by atoms with Crippen LogP contribution in [-0.4, -0.2) is 35.1 Å². The first-order valence-corrected chi connectivity index (χ1v) is 12.3. The van der Waals surface area contributed by atoms with E-state index in [0.717, 1.165) is 27.0 Å². The van der Waals surface area contributed by atoms with E-state index in [1.807, 2.05) is 6.07 Å². The van der Waals surface area contributed by atoms with E-state index in [-0.39, 0.29) is 47.8 Å². The summed E-state index contributed by atoms with van der Waals surface area (Å²) in [5.41, 5.74) is 1.45. The molecule has 1 saturated heterocycles. The third-order valence-corrected chi connectivity index (χ3v) is 7.64. The number of fused-ring (bicyclic) bond motifs is 1. The van der Waals surface area contributed by atoms with Gasteiger partial charge in [0.25, 0.3) is 17.5 Å². The predicted octanol–water partition coefficient (Wildman–Crippen LogP) is 4.32. The number of nitro groups is 1. The van der Waals surface area contributed by atoms with Crippen molar-refractivity contribution < 1.29 is 24.0 Å². The number of methoxy groups -OCH3 is 1. The number of hydrogen-bond donors (Lipinski definition) is 0. The Morgan fingerprint density at radius 2 is 1.74 bits per heavy atom. The molecule has 3 aliphatic carbocycles. The van der Waals surface area contributed by atoms with Gasteiger partial charge in [-0.25, -0.2) is 0 Å². The first-order chi connectivity index (χ1) is 16.9. The van der Waals surface area contributed by atoms with Crippen molar-refractivity contribution in [2.75, 3.05) is 7.11 Å². The van der Waals surface area contributed by atoms with Crippen molar-refractivity contribution in [2.24, 2.45) is 28.8 Å². The molecule has 0 aromatic heterocycles. The molecule has 0 spiro atoms. The van der Waals surface area contributed by atoms with Gasteiger partial charge in [-0.1, -0.05) is 12.2 Å². The topological polar surface area (TPSA) is 111 Å². The average molecular weight is 587 g/mol. The van der Waals surface area contributed by atoms with Crippen LogP contribution in [0.1, 0.15) is 24.0 Å². The summed E-state index contributed by atoms with van der Waals surface area (Å²) in [6.07, 6.45) is 7.53. The highest BCUT2D eigenvalue weighted by atomic mass is 127. The monoisotopic (exact) mass is 587 g/mol. The molecule has 4 aliphatic rings. The van der Waals surface area contributed by atoms with Crippen LogP contribution < -0.4 is 9.47 Å². The van der Waals surface area contributed by atoms with Crippen molar-refractivity contribution >= 4 is 46.3 Å². The number of nitro benzene ring substituents is 1. The molecule has 1 aliphatic heterocycles. The summed E-state index contributed by atoms with van der Waals surface area (Å²) in [5.74, 6) is 0.187. The number of nitrogens with zero attached hydrogens (tertiary/aromatic N) is 3. The summed E-state index contributed by atoms with van der Waals surface area (Å²) in [6.45, 7) is 0.202. The molecule has 2 bridgehead atoms. The van der Waals surface area contributed by atoms with Crippen LogP contribution in [0.4, 0.5) is 5.69 Å². The Morgan fingerprint density at radius 3 is 2.29 bits per heavy atom. The number of imide groups is 1. The number of halogens is 1. The summed E-state index contributed by atoms with van der Waals surface area (Å²) in [5, 5.41) is 16.1. The number of carbonyl (C=O) groups excluding carboxylic acids is 2. The van der Waals surface area contributed by atoms with Crippen LogP contribution >= 0.6 is 22.6 Å². The first-order valence-electron chi connectivity index (χ1n) is 11.2. The molecule has 9 nitrogen and oxygen atoms in total. The molecule has 0 unspecified atom stereocenters. The number of ether oxygens (including phenoxy) is 2. The number of hydrazone groups is 1. The van der Waals surface area contributed by atoms with E-state index in [1.54, 1.807) is 18.2 Å². The zero-order chi connectivity index (χ0) is 24.7. The standard InChI is InChI=1S/C25H22IN3O6/c1-34-20-11-15(10-19(26)23(20)35-13-14-2-8-18(9-3-14)29(32)33)12-27-28-24(30)21-16-4-5-17(7-6-16)22(21)25(28)31/h2-5,8-12,16-17,21-22H,6-7,13H2,1H3/b27-12-/t16-,17-,21+,22+/m0/s1. The zero-order valence-electron chi connectivity index (χ0n) is 18.8. The van der Waals surface area contributed by atoms with Gasteiger partial charge >= 0.3 is 0 Å². The Morgan fingerprint density at radius 1 is 1.11 bits per heavy atom. The summed E-state index contributed by atoms with van der Waals surface area (Å²) in [6, 6.07) is 9.68. The quantitative estimate of drug-likeness (QED) is 0.119. The van der Waals surface area contributed by atoms with Crippen LogP contribution in [0.2, 0.25) is 0 Å². The summed E-state index contributed by atoms with van der Waals surface area (Å²) in [4.78, 5) is 36.3. The van der Waals surface area contributed by atoms with Crippen LogP contribution in [0, 0.1) is 37.4 Å². The van der Waals surface area contributed by atoms with Crippen LogP contribution in [0.3, 0.4) is 0 Å². The van der Waals surface area contributed by atoms with E-state index in [4.69, 9.17) is 9.47 Å². The fourth-order valence-electron chi connectivity index (χ4n) is 5.12. The molecule has 1 heterocycles. The van der Waals surface area contributed by atoms with Gasteiger partial charge in [0.15, 0.2) is 11.5 Å². The van der Waals surface area contributed by atoms with Gasteiger partial charge in [0.05, 0.1) is 33.7 Å². The van der Waals surface area contributed by atoms with Gasteiger partial charge in [0.1, 0.15) is 6.61 Å². The molecule has 2 fully saturated rings. The molecule has 2 aromatic rings. The molecule has 1 saturated carbocycles. The lowest BCUT2D eigenvalue weighted by Crippen LogP contribution is -2.38. The van der Waals surface area contributed by atoms with Crippen molar-refractivity contribution in [1.29, 1.82) is 0 Å². The van der Waals surface area contributed by atoms with Crippen molar-refractivity contribution in [2.45, 2.75) is 19.4 Å². The Hall–Kier alpha value is -3.28. The van der Waals surface area contributed by atoms with Crippen LogP contribution in [-0.2, 0) is 16.2 Å². The van der Waals surface area contributed by atoms with Crippen molar-refractivity contribution in [1.82, 2.24) is 5.01 Å². The SMILES string of the molecule is COc1cc(/C=N\N2C(=O)[C@H]3[C@H](C2=O)[C@H]2C=C[C@H]3CC2)cc(I)c1OCc1ccc([N+](=O)[O-])cc1. The molecule has 0 N–H and O–H groups in total. The lowest BCUT2D eigenvalue weighted by atomic mass is 9.63. The minimum Gasteiger partial charge on any atom is -0.493 e. The summed E-state index contributed by atoms with van der Waals surface area (Å²) >= 11 is 2.12. The van der Waals surface area contributed by atoms with Gasteiger partial charge in [-0.15, -0.1) is 0 Å². The Balaban J connectivity index is 1.31. The maximum Gasteiger partial charge on any atom is 0.269 e. The molecule has 35 heavy (non-hydrogen) atoms. The number of hydrogen-bond acceptors (Lipinski definition) is 7. The third-order valence-electron chi connectivity index (χ3n) is 6.84. The van der Waals surface area contributed by atoms with Gasteiger partial charge < -0.3 is 9.47 Å². The third kappa shape index (κ3) is 4.30. The largest absolute Gasteiger partial charge is 0.493 e. The van der Waals surface area contributed by atoms with Crippen molar-refractivity contribution in [3.63, 3.8) is 0 Å². The summed E-state index contributed by atoms with van der Waals surface area (Å²) < 4.78 is 12.2. The number of amides is 2. The second kappa shape index (κ2) is 9.40. The van der Waals surface area contributed by atoms with Gasteiger partial charge in [0, 0.05) is 12.1 Å². The highest BCUT2D eigenvalue weighted by Crippen LogP contribution is 2.49. The second-order valence-electron chi connectivity index (χ2n) is 8.82. The number of allylic oxidation sites excluding steroid dienone is 2. The Kier molecular flexibility index (Phi) is 6.30. The predicted molar refractivity (Wildman–Crippen MR) is 135 cm³/mol. The van der Waals surface area contributed by atoms with E-state index in [9.17, 15) is 19.7 Å². The summed E-state index contributed by atoms with van der Waals surface area (Å²) in [7, 11) is 1.52. The van der Waals surface area contributed by atoms with Gasteiger partial charge in [-0.05, 0) is 82.7 Å². The van der Waals surface area contributed by atoms with E-state index in [1.165, 1.54) is 25.5 Å². The fourth-order valence-corrected chi connectivity index (χ4v) is 5.90. The second-order valence-corrected chi connectivity index (χ2v) is 9.98. The molecule has 180 valence electrons. The lowest BCUT2D eigenvalue weighted by Gasteiger charge is -2.37. The Labute approximate surface area is 215 Å². The van der Waals surface area contributed by atoms with Crippen molar-refractivity contribution in [3.05, 3.63) is 73.4 Å². The maximum absolute atomic E-state index is 13.0. The minimum atomic E-state index is -0.449. The molecule has 2 amide bonds.